The van der Waals surface area contributed by atoms with E-state index in [0.717, 1.165) is 0 Å². The zero-order valence-corrected chi connectivity index (χ0v) is 13.0. The normalized spacial score (nSPS) is 27.9. The molecule has 1 aliphatic rings. The first-order chi connectivity index (χ1) is 8.24. The number of rotatable bonds is 3. The third kappa shape index (κ3) is 4.74. The lowest BCUT2D eigenvalue weighted by atomic mass is 10.2. The molecule has 0 spiro atoms. The largest absolute Gasteiger partial charge is 0.373 e. The average molecular weight is 318 g/mol. The second kappa shape index (κ2) is 6.62. The van der Waals surface area contributed by atoms with Gasteiger partial charge in [0.1, 0.15) is 6.17 Å². The number of amides is 1. The van der Waals surface area contributed by atoms with Gasteiger partial charge in [-0.05, 0) is 13.8 Å². The monoisotopic (exact) mass is 316 g/mol. The van der Waals surface area contributed by atoms with Crippen LogP contribution in [-0.4, -0.2) is 46.1 Å². The SMILES string of the molecule is CCC(=O)N[C@H](N1C[C@@H](C)O[C@@H](C)C1)C(Cl)(Cl)Cl. The van der Waals surface area contributed by atoms with Gasteiger partial charge in [-0.2, -0.15) is 0 Å². The molecule has 1 heterocycles. The minimum absolute atomic E-state index is 0.0436. The van der Waals surface area contributed by atoms with Crippen LogP contribution in [-0.2, 0) is 9.53 Å². The van der Waals surface area contributed by atoms with Gasteiger partial charge in [-0.25, -0.2) is 0 Å². The Morgan fingerprint density at radius 3 is 2.28 bits per heavy atom. The number of ether oxygens (including phenoxy) is 1. The van der Waals surface area contributed by atoms with Crippen LogP contribution in [0.1, 0.15) is 27.2 Å². The van der Waals surface area contributed by atoms with Gasteiger partial charge < -0.3 is 10.1 Å². The van der Waals surface area contributed by atoms with Crippen molar-refractivity contribution in [1.82, 2.24) is 10.2 Å². The quantitative estimate of drug-likeness (QED) is 0.812. The van der Waals surface area contributed by atoms with Gasteiger partial charge >= 0.3 is 0 Å². The van der Waals surface area contributed by atoms with Crippen molar-refractivity contribution < 1.29 is 9.53 Å². The molecule has 0 saturated carbocycles. The molecule has 0 bridgehead atoms. The van der Waals surface area contributed by atoms with Crippen LogP contribution < -0.4 is 5.32 Å². The van der Waals surface area contributed by atoms with Gasteiger partial charge in [-0.3, -0.25) is 9.69 Å². The lowest BCUT2D eigenvalue weighted by Crippen LogP contribution is -2.60. The van der Waals surface area contributed by atoms with Crippen molar-refractivity contribution in [1.29, 1.82) is 0 Å². The van der Waals surface area contributed by atoms with Crippen molar-refractivity contribution in [2.45, 2.75) is 49.4 Å². The maximum absolute atomic E-state index is 11.5. The fourth-order valence-electron chi connectivity index (χ4n) is 2.06. The van der Waals surface area contributed by atoms with Gasteiger partial charge in [-0.1, -0.05) is 41.7 Å². The minimum atomic E-state index is -1.57. The number of alkyl halides is 3. The molecule has 18 heavy (non-hydrogen) atoms. The zero-order chi connectivity index (χ0) is 13.9. The molecule has 7 heteroatoms. The van der Waals surface area contributed by atoms with Crippen LogP contribution in [0.25, 0.3) is 0 Å². The van der Waals surface area contributed by atoms with E-state index in [9.17, 15) is 4.79 Å². The number of carbonyl (C=O) groups is 1. The molecule has 1 rings (SSSR count). The molecule has 1 saturated heterocycles. The molecular weight excluding hydrogens is 298 g/mol. The van der Waals surface area contributed by atoms with Crippen molar-refractivity contribution >= 4 is 40.7 Å². The fourth-order valence-corrected chi connectivity index (χ4v) is 2.64. The number of hydrogen-bond donors (Lipinski definition) is 1. The van der Waals surface area contributed by atoms with Crippen LogP contribution in [0.15, 0.2) is 0 Å². The molecule has 4 nitrogen and oxygen atoms in total. The van der Waals surface area contributed by atoms with E-state index >= 15 is 0 Å². The van der Waals surface area contributed by atoms with Crippen LogP contribution >= 0.6 is 34.8 Å². The number of nitrogens with zero attached hydrogens (tertiary/aromatic N) is 1. The predicted octanol–water partition coefficient (Wildman–Crippen LogP) is 2.32. The molecule has 0 aromatic carbocycles. The number of halogens is 3. The second-order valence-electron chi connectivity index (χ2n) is 4.58. The maximum atomic E-state index is 11.5. The van der Waals surface area contributed by atoms with E-state index in [0.29, 0.717) is 19.5 Å². The molecule has 1 fully saturated rings. The Kier molecular flexibility index (Phi) is 6.00. The highest BCUT2D eigenvalue weighted by atomic mass is 35.6. The molecule has 1 N–H and O–H groups in total. The van der Waals surface area contributed by atoms with Crippen molar-refractivity contribution in [3.05, 3.63) is 0 Å². The molecule has 1 amide bonds. The lowest BCUT2D eigenvalue weighted by molar-refractivity contribution is -0.126. The molecule has 0 aromatic heterocycles. The van der Waals surface area contributed by atoms with E-state index in [1.54, 1.807) is 6.92 Å². The summed E-state index contributed by atoms with van der Waals surface area (Å²) in [5, 5.41) is 2.75. The summed E-state index contributed by atoms with van der Waals surface area (Å²) in [6.45, 7) is 6.91. The summed E-state index contributed by atoms with van der Waals surface area (Å²) in [6.07, 6.45) is -0.194. The fraction of sp³-hybridized carbons (Fsp3) is 0.909. The Labute approximate surface area is 123 Å². The third-order valence-corrected chi connectivity index (χ3v) is 3.36. The van der Waals surface area contributed by atoms with Gasteiger partial charge in [0.2, 0.25) is 9.70 Å². The molecule has 0 radical (unpaired) electrons. The molecule has 106 valence electrons. The Hall–Kier alpha value is 0.260. The first-order valence-electron chi connectivity index (χ1n) is 5.99. The Morgan fingerprint density at radius 1 is 1.39 bits per heavy atom. The highest BCUT2D eigenvalue weighted by Gasteiger charge is 2.40. The van der Waals surface area contributed by atoms with Crippen molar-refractivity contribution in [3.8, 4) is 0 Å². The molecule has 0 aliphatic carbocycles. The van der Waals surface area contributed by atoms with Crippen LogP contribution in [0, 0.1) is 0 Å². The molecule has 0 aromatic rings. The standard InChI is InChI=1S/C11H19Cl3N2O2/c1-4-9(17)15-10(11(12,13)14)16-5-7(2)18-8(3)6-16/h7-8,10H,4-6H2,1-3H3,(H,15,17)/t7-,8+,10-/m1/s1. The van der Waals surface area contributed by atoms with Crippen LogP contribution in [0.3, 0.4) is 0 Å². The summed E-state index contributed by atoms with van der Waals surface area (Å²) in [6, 6.07) is 0. The van der Waals surface area contributed by atoms with E-state index in [1.165, 1.54) is 0 Å². The Balaban J connectivity index is 2.79. The third-order valence-electron chi connectivity index (χ3n) is 2.74. The van der Waals surface area contributed by atoms with E-state index in [-0.39, 0.29) is 18.1 Å². The number of morpholine rings is 1. The first-order valence-corrected chi connectivity index (χ1v) is 7.13. The van der Waals surface area contributed by atoms with Gasteiger partial charge in [0, 0.05) is 19.5 Å². The smallest absolute Gasteiger partial charge is 0.223 e. The summed E-state index contributed by atoms with van der Waals surface area (Å²) in [5.41, 5.74) is 0. The summed E-state index contributed by atoms with van der Waals surface area (Å²) < 4.78 is 4.06. The van der Waals surface area contributed by atoms with Gasteiger partial charge in [0.25, 0.3) is 0 Å². The number of carbonyl (C=O) groups excluding carboxylic acids is 1. The maximum Gasteiger partial charge on any atom is 0.223 e. The summed E-state index contributed by atoms with van der Waals surface area (Å²) >= 11 is 17.9. The summed E-state index contributed by atoms with van der Waals surface area (Å²) in [7, 11) is 0. The topological polar surface area (TPSA) is 41.6 Å². The second-order valence-corrected chi connectivity index (χ2v) is 6.95. The van der Waals surface area contributed by atoms with E-state index in [4.69, 9.17) is 39.5 Å². The predicted molar refractivity (Wildman–Crippen MR) is 74.1 cm³/mol. The molecule has 0 unspecified atom stereocenters. The van der Waals surface area contributed by atoms with E-state index in [2.05, 4.69) is 5.32 Å². The first kappa shape index (κ1) is 16.3. The minimum Gasteiger partial charge on any atom is -0.373 e. The number of hydrogen-bond acceptors (Lipinski definition) is 3. The van der Waals surface area contributed by atoms with Crippen molar-refractivity contribution in [3.63, 3.8) is 0 Å². The van der Waals surface area contributed by atoms with Gasteiger partial charge in [0.15, 0.2) is 0 Å². The van der Waals surface area contributed by atoms with Crippen LogP contribution in [0.4, 0.5) is 0 Å². The van der Waals surface area contributed by atoms with Crippen molar-refractivity contribution in [2.75, 3.05) is 13.1 Å². The Bertz CT molecular complexity index is 287. The summed E-state index contributed by atoms with van der Waals surface area (Å²) in [5.74, 6) is -0.141. The van der Waals surface area contributed by atoms with E-state index in [1.807, 2.05) is 18.7 Å². The van der Waals surface area contributed by atoms with Gasteiger partial charge in [0.05, 0.1) is 12.2 Å². The van der Waals surface area contributed by atoms with Gasteiger partial charge in [-0.15, -0.1) is 0 Å². The van der Waals surface area contributed by atoms with Crippen LogP contribution in [0.5, 0.6) is 0 Å². The summed E-state index contributed by atoms with van der Waals surface area (Å²) in [4.78, 5) is 13.5. The highest BCUT2D eigenvalue weighted by Crippen LogP contribution is 2.33. The molecular formula is C11H19Cl3N2O2. The highest BCUT2D eigenvalue weighted by molar-refractivity contribution is 6.68. The zero-order valence-electron chi connectivity index (χ0n) is 10.8. The number of nitrogens with one attached hydrogen (secondary N) is 1. The van der Waals surface area contributed by atoms with Crippen LogP contribution in [0.2, 0.25) is 0 Å². The lowest BCUT2D eigenvalue weighted by Gasteiger charge is -2.42. The molecule has 3 atom stereocenters. The average Bonchev–Trinajstić information content (AvgIpc) is 2.22. The molecule has 1 aliphatic heterocycles. The van der Waals surface area contributed by atoms with E-state index < -0.39 is 9.96 Å². The van der Waals surface area contributed by atoms with Crippen molar-refractivity contribution in [2.24, 2.45) is 0 Å². The Morgan fingerprint density at radius 2 is 1.89 bits per heavy atom.